The predicted molar refractivity (Wildman–Crippen MR) is 133 cm³/mol. The molecule has 0 bridgehead atoms. The summed E-state index contributed by atoms with van der Waals surface area (Å²) in [4.78, 5) is 7.43. The van der Waals surface area contributed by atoms with Crippen molar-refractivity contribution in [3.8, 4) is 0 Å². The molecule has 5 nitrogen and oxygen atoms in total. The molecule has 0 unspecified atom stereocenters. The highest BCUT2D eigenvalue weighted by Crippen LogP contribution is 2.22. The zero-order valence-corrected chi connectivity index (χ0v) is 19.3. The van der Waals surface area contributed by atoms with E-state index in [0.717, 1.165) is 25.5 Å². The van der Waals surface area contributed by atoms with Crippen LogP contribution in [0.4, 0.5) is 0 Å². The molecule has 0 aliphatic carbocycles. The van der Waals surface area contributed by atoms with Crippen LogP contribution in [0.25, 0.3) is 0 Å². The maximum absolute atomic E-state index is 6.12. The minimum atomic E-state index is 0.0471. The highest BCUT2D eigenvalue weighted by atomic mass is 16.5. The van der Waals surface area contributed by atoms with Crippen LogP contribution >= 0.6 is 0 Å². The van der Waals surface area contributed by atoms with Crippen LogP contribution in [0, 0.1) is 0 Å². The molecule has 172 valence electrons. The van der Waals surface area contributed by atoms with Gasteiger partial charge < -0.3 is 19.7 Å². The lowest BCUT2D eigenvalue weighted by Crippen LogP contribution is -2.47. The van der Waals surface area contributed by atoms with E-state index in [1.165, 1.54) is 16.7 Å². The van der Waals surface area contributed by atoms with Crippen LogP contribution < -0.4 is 5.32 Å². The summed E-state index contributed by atoms with van der Waals surface area (Å²) < 4.78 is 11.6. The Bertz CT molecular complexity index is 980. The maximum Gasteiger partial charge on any atom is 0.126 e. The quantitative estimate of drug-likeness (QED) is 0.454. The molecule has 1 heterocycles. The Morgan fingerprint density at radius 3 is 2.03 bits per heavy atom. The van der Waals surface area contributed by atoms with Gasteiger partial charge in [0.25, 0.3) is 0 Å². The lowest BCUT2D eigenvalue weighted by molar-refractivity contribution is 0.0923. The number of hydrogen-bond acceptors (Lipinski definition) is 5. The molecular formula is C28H33N3O2. The van der Waals surface area contributed by atoms with Crippen LogP contribution in [-0.4, -0.2) is 49.7 Å². The summed E-state index contributed by atoms with van der Waals surface area (Å²) in [5.41, 5.74) is 3.72. The van der Waals surface area contributed by atoms with Crippen LogP contribution in [0.15, 0.2) is 96.0 Å². The Labute approximate surface area is 197 Å². The maximum atomic E-state index is 6.12. The van der Waals surface area contributed by atoms with Crippen molar-refractivity contribution in [1.82, 2.24) is 10.2 Å². The number of rotatable bonds is 12. The number of amidine groups is 1. The normalized spacial score (nSPS) is 17.8. The van der Waals surface area contributed by atoms with E-state index in [4.69, 9.17) is 14.5 Å². The zero-order chi connectivity index (χ0) is 22.7. The van der Waals surface area contributed by atoms with Gasteiger partial charge in [-0.3, -0.25) is 4.99 Å². The van der Waals surface area contributed by atoms with Gasteiger partial charge in [-0.05, 0) is 16.7 Å². The van der Waals surface area contributed by atoms with Crippen molar-refractivity contribution in [3.63, 3.8) is 0 Å². The van der Waals surface area contributed by atoms with Crippen molar-refractivity contribution in [1.29, 1.82) is 0 Å². The molecule has 4 rings (SSSR count). The van der Waals surface area contributed by atoms with E-state index in [-0.39, 0.29) is 12.1 Å². The molecule has 1 N–H and O–H groups in total. The zero-order valence-electron chi connectivity index (χ0n) is 19.3. The highest BCUT2D eigenvalue weighted by molar-refractivity contribution is 5.86. The van der Waals surface area contributed by atoms with Crippen molar-refractivity contribution in [2.45, 2.75) is 31.8 Å². The van der Waals surface area contributed by atoms with E-state index >= 15 is 0 Å². The Balaban J connectivity index is 1.45. The molecular weight excluding hydrogens is 410 g/mol. The molecule has 0 saturated carbocycles. The fraction of sp³-hybridized carbons (Fsp3) is 0.321. The SMILES string of the molecule is COCC1=N[C@H](COCc2ccccc2)[C@@H](CNCc2ccccc2)N1Cc1ccccc1. The van der Waals surface area contributed by atoms with Gasteiger partial charge in [0.05, 0.1) is 25.3 Å². The van der Waals surface area contributed by atoms with Crippen molar-refractivity contribution >= 4 is 5.84 Å². The third-order valence-electron chi connectivity index (χ3n) is 5.89. The van der Waals surface area contributed by atoms with Gasteiger partial charge in [-0.2, -0.15) is 0 Å². The number of aliphatic imine (C=N–C) groups is 1. The van der Waals surface area contributed by atoms with Crippen molar-refractivity contribution in [2.24, 2.45) is 4.99 Å². The van der Waals surface area contributed by atoms with E-state index in [1.807, 2.05) is 24.3 Å². The summed E-state index contributed by atoms with van der Waals surface area (Å²) in [6.07, 6.45) is 0. The fourth-order valence-electron chi connectivity index (χ4n) is 4.22. The Morgan fingerprint density at radius 1 is 0.788 bits per heavy atom. The Morgan fingerprint density at radius 2 is 1.39 bits per heavy atom. The third-order valence-corrected chi connectivity index (χ3v) is 5.89. The second-order valence-corrected chi connectivity index (χ2v) is 8.34. The number of benzene rings is 3. The van der Waals surface area contributed by atoms with Gasteiger partial charge >= 0.3 is 0 Å². The molecule has 33 heavy (non-hydrogen) atoms. The fourth-order valence-corrected chi connectivity index (χ4v) is 4.22. The summed E-state index contributed by atoms with van der Waals surface area (Å²) in [5.74, 6) is 0.987. The molecule has 3 aromatic rings. The molecule has 0 spiro atoms. The van der Waals surface area contributed by atoms with Crippen molar-refractivity contribution in [3.05, 3.63) is 108 Å². The molecule has 0 saturated heterocycles. The molecule has 0 fully saturated rings. The highest BCUT2D eigenvalue weighted by Gasteiger charge is 2.35. The van der Waals surface area contributed by atoms with E-state index in [2.05, 4.69) is 76.9 Å². The first-order valence-electron chi connectivity index (χ1n) is 11.6. The number of nitrogens with zero attached hydrogens (tertiary/aromatic N) is 2. The van der Waals surface area contributed by atoms with Gasteiger partial charge in [0, 0.05) is 26.7 Å². The van der Waals surface area contributed by atoms with Crippen molar-refractivity contribution in [2.75, 3.05) is 26.9 Å². The Kier molecular flexibility index (Phi) is 8.64. The molecule has 0 amide bonds. The first-order chi connectivity index (χ1) is 16.3. The monoisotopic (exact) mass is 443 g/mol. The standard InChI is InChI=1S/C28H33N3O2/c1-32-22-28-30-26(21-33-20-25-15-9-4-10-16-25)27(18-29-17-23-11-5-2-6-12-23)31(28)19-24-13-7-3-8-14-24/h2-16,26-27,29H,17-22H2,1H3/t26-,27-/m1/s1. The number of hydrogen-bond donors (Lipinski definition) is 1. The van der Waals surface area contributed by atoms with Gasteiger partial charge in [-0.25, -0.2) is 0 Å². The smallest absolute Gasteiger partial charge is 0.126 e. The van der Waals surface area contributed by atoms with Crippen LogP contribution in [0.1, 0.15) is 16.7 Å². The average Bonchev–Trinajstić information content (AvgIpc) is 3.17. The molecule has 1 aliphatic heterocycles. The summed E-state index contributed by atoms with van der Waals surface area (Å²) in [6, 6.07) is 31.6. The second kappa shape index (κ2) is 12.3. The summed E-state index contributed by atoms with van der Waals surface area (Å²) >= 11 is 0. The lowest BCUT2D eigenvalue weighted by Gasteiger charge is -2.31. The van der Waals surface area contributed by atoms with Crippen molar-refractivity contribution < 1.29 is 9.47 Å². The number of methoxy groups -OCH3 is 1. The molecule has 5 heteroatoms. The van der Waals surface area contributed by atoms with Gasteiger partial charge in [0.15, 0.2) is 0 Å². The summed E-state index contributed by atoms with van der Waals surface area (Å²) in [5, 5.41) is 3.65. The van der Waals surface area contributed by atoms with E-state index in [0.29, 0.717) is 19.8 Å². The summed E-state index contributed by atoms with van der Waals surface area (Å²) in [7, 11) is 1.73. The van der Waals surface area contributed by atoms with E-state index in [9.17, 15) is 0 Å². The van der Waals surface area contributed by atoms with Gasteiger partial charge in [0.2, 0.25) is 0 Å². The minimum Gasteiger partial charge on any atom is -0.377 e. The van der Waals surface area contributed by atoms with E-state index < -0.39 is 0 Å². The van der Waals surface area contributed by atoms with E-state index in [1.54, 1.807) is 7.11 Å². The Hall–Kier alpha value is -2.99. The van der Waals surface area contributed by atoms with Crippen LogP contribution in [0.2, 0.25) is 0 Å². The van der Waals surface area contributed by atoms with Gasteiger partial charge in [-0.1, -0.05) is 91.0 Å². The molecule has 0 aromatic heterocycles. The number of nitrogens with one attached hydrogen (secondary N) is 1. The lowest BCUT2D eigenvalue weighted by atomic mass is 10.1. The van der Waals surface area contributed by atoms with Crippen LogP contribution in [0.3, 0.4) is 0 Å². The van der Waals surface area contributed by atoms with Gasteiger partial charge in [-0.15, -0.1) is 0 Å². The summed E-state index contributed by atoms with van der Waals surface area (Å²) in [6.45, 7) is 4.11. The first kappa shape index (κ1) is 23.2. The largest absolute Gasteiger partial charge is 0.377 e. The topological polar surface area (TPSA) is 46.1 Å². The van der Waals surface area contributed by atoms with Crippen LogP contribution in [0.5, 0.6) is 0 Å². The minimum absolute atomic E-state index is 0.0471. The third kappa shape index (κ3) is 6.75. The second-order valence-electron chi connectivity index (χ2n) is 8.34. The van der Waals surface area contributed by atoms with Crippen LogP contribution in [-0.2, 0) is 29.2 Å². The first-order valence-corrected chi connectivity index (χ1v) is 11.6. The molecule has 0 radical (unpaired) electrons. The molecule has 1 aliphatic rings. The van der Waals surface area contributed by atoms with Gasteiger partial charge in [0.1, 0.15) is 12.4 Å². The average molecular weight is 444 g/mol. The number of ether oxygens (including phenoxy) is 2. The molecule has 3 aromatic carbocycles. The predicted octanol–water partition coefficient (Wildman–Crippen LogP) is 4.29. The molecule has 2 atom stereocenters.